The number of nitrogens with zero attached hydrogens (tertiary/aromatic N) is 3. The summed E-state index contributed by atoms with van der Waals surface area (Å²) in [6, 6.07) is 2.41. The van der Waals surface area contributed by atoms with Gasteiger partial charge in [-0.05, 0) is 32.4 Å². The van der Waals surface area contributed by atoms with E-state index in [1.165, 1.54) is 12.6 Å². The second kappa shape index (κ2) is 5.42. The van der Waals surface area contributed by atoms with Crippen molar-refractivity contribution in [2.45, 2.75) is 25.3 Å². The molecule has 1 aliphatic heterocycles. The predicted molar refractivity (Wildman–Crippen MR) is 60.9 cm³/mol. The van der Waals surface area contributed by atoms with E-state index in [4.69, 9.17) is 5.26 Å². The average Bonchev–Trinajstić information content (AvgIpc) is 2.59. The SMILES string of the molecule is N#Cc1cnc(NC2CCCNCC2)cn1. The summed E-state index contributed by atoms with van der Waals surface area (Å²) in [5, 5.41) is 15.3. The fraction of sp³-hybridized carbons (Fsp3) is 0.545. The van der Waals surface area contributed by atoms with E-state index in [1.807, 2.05) is 6.07 Å². The van der Waals surface area contributed by atoms with E-state index < -0.39 is 0 Å². The van der Waals surface area contributed by atoms with Crippen LogP contribution in [0.15, 0.2) is 12.4 Å². The quantitative estimate of drug-likeness (QED) is 0.770. The summed E-state index contributed by atoms with van der Waals surface area (Å²) in [4.78, 5) is 8.14. The topological polar surface area (TPSA) is 73.6 Å². The molecule has 0 radical (unpaired) electrons. The first-order valence-corrected chi connectivity index (χ1v) is 5.58. The van der Waals surface area contributed by atoms with Crippen LogP contribution in [0, 0.1) is 11.3 Å². The molecule has 16 heavy (non-hydrogen) atoms. The van der Waals surface area contributed by atoms with E-state index in [2.05, 4.69) is 20.6 Å². The van der Waals surface area contributed by atoms with Crippen LogP contribution in [0.3, 0.4) is 0 Å². The lowest BCUT2D eigenvalue weighted by atomic mass is 10.1. The Morgan fingerprint density at radius 2 is 2.25 bits per heavy atom. The van der Waals surface area contributed by atoms with Gasteiger partial charge < -0.3 is 10.6 Å². The molecule has 1 atom stereocenters. The summed E-state index contributed by atoms with van der Waals surface area (Å²) >= 11 is 0. The summed E-state index contributed by atoms with van der Waals surface area (Å²) in [6.07, 6.45) is 6.55. The molecule has 2 heterocycles. The van der Waals surface area contributed by atoms with Crippen molar-refractivity contribution in [2.75, 3.05) is 18.4 Å². The van der Waals surface area contributed by atoms with Crippen LogP contribution < -0.4 is 10.6 Å². The van der Waals surface area contributed by atoms with E-state index in [9.17, 15) is 0 Å². The Labute approximate surface area is 94.9 Å². The number of nitrogens with one attached hydrogen (secondary N) is 2. The molecule has 1 aliphatic rings. The van der Waals surface area contributed by atoms with Crippen LogP contribution in [0.5, 0.6) is 0 Å². The lowest BCUT2D eigenvalue weighted by Gasteiger charge is -2.15. The summed E-state index contributed by atoms with van der Waals surface area (Å²) in [5.74, 6) is 0.755. The Morgan fingerprint density at radius 1 is 1.31 bits per heavy atom. The van der Waals surface area contributed by atoms with Gasteiger partial charge in [0.2, 0.25) is 0 Å². The van der Waals surface area contributed by atoms with Crippen LogP contribution in [0.4, 0.5) is 5.82 Å². The Bertz CT molecular complexity index is 359. The summed E-state index contributed by atoms with van der Waals surface area (Å²) in [7, 11) is 0. The van der Waals surface area contributed by atoms with Crippen molar-refractivity contribution in [3.05, 3.63) is 18.1 Å². The fourth-order valence-electron chi connectivity index (χ4n) is 1.83. The van der Waals surface area contributed by atoms with E-state index in [-0.39, 0.29) is 0 Å². The fourth-order valence-corrected chi connectivity index (χ4v) is 1.83. The molecule has 1 saturated heterocycles. The zero-order chi connectivity index (χ0) is 11.2. The normalized spacial score (nSPS) is 20.8. The van der Waals surface area contributed by atoms with Gasteiger partial charge >= 0.3 is 0 Å². The molecule has 5 heteroatoms. The van der Waals surface area contributed by atoms with Gasteiger partial charge in [-0.25, -0.2) is 9.97 Å². The second-order valence-electron chi connectivity index (χ2n) is 3.92. The molecule has 2 rings (SSSR count). The van der Waals surface area contributed by atoms with Gasteiger partial charge in [0.1, 0.15) is 11.9 Å². The van der Waals surface area contributed by atoms with Gasteiger partial charge in [0.25, 0.3) is 0 Å². The molecule has 1 aromatic heterocycles. The van der Waals surface area contributed by atoms with Gasteiger partial charge in [0, 0.05) is 6.04 Å². The predicted octanol–water partition coefficient (Wildman–Crippen LogP) is 0.902. The average molecular weight is 217 g/mol. The van der Waals surface area contributed by atoms with Gasteiger partial charge in [-0.2, -0.15) is 5.26 Å². The third-order valence-corrected chi connectivity index (χ3v) is 2.69. The molecule has 1 fully saturated rings. The summed E-state index contributed by atoms with van der Waals surface area (Å²) in [5.41, 5.74) is 0.355. The Morgan fingerprint density at radius 3 is 3.00 bits per heavy atom. The highest BCUT2D eigenvalue weighted by Gasteiger charge is 2.11. The Balaban J connectivity index is 1.94. The molecule has 2 N–H and O–H groups in total. The smallest absolute Gasteiger partial charge is 0.158 e. The maximum atomic E-state index is 8.61. The highest BCUT2D eigenvalue weighted by atomic mass is 15.0. The molecule has 0 aromatic carbocycles. The second-order valence-corrected chi connectivity index (χ2v) is 3.92. The number of aromatic nitrogens is 2. The molecule has 1 aromatic rings. The third-order valence-electron chi connectivity index (χ3n) is 2.69. The maximum absolute atomic E-state index is 8.61. The summed E-state index contributed by atoms with van der Waals surface area (Å²) in [6.45, 7) is 2.14. The Hall–Kier alpha value is -1.67. The first-order valence-electron chi connectivity index (χ1n) is 5.58. The zero-order valence-corrected chi connectivity index (χ0v) is 9.11. The van der Waals surface area contributed by atoms with Gasteiger partial charge in [-0.3, -0.25) is 0 Å². The summed E-state index contributed by atoms with van der Waals surface area (Å²) < 4.78 is 0. The van der Waals surface area contributed by atoms with Crippen molar-refractivity contribution in [3.63, 3.8) is 0 Å². The number of hydrogen-bond donors (Lipinski definition) is 2. The monoisotopic (exact) mass is 217 g/mol. The molecular formula is C11H15N5. The maximum Gasteiger partial charge on any atom is 0.158 e. The van der Waals surface area contributed by atoms with Gasteiger partial charge in [-0.1, -0.05) is 0 Å². The zero-order valence-electron chi connectivity index (χ0n) is 9.11. The largest absolute Gasteiger partial charge is 0.366 e. The van der Waals surface area contributed by atoms with Crippen molar-refractivity contribution in [1.29, 1.82) is 5.26 Å². The van der Waals surface area contributed by atoms with Gasteiger partial charge in [-0.15, -0.1) is 0 Å². The molecular weight excluding hydrogens is 202 g/mol. The molecule has 0 bridgehead atoms. The van der Waals surface area contributed by atoms with Gasteiger partial charge in [0.15, 0.2) is 5.69 Å². The standard InChI is InChI=1S/C11H15N5/c12-6-10-7-15-11(8-14-10)16-9-2-1-4-13-5-3-9/h7-9,13H,1-5H2,(H,15,16). The van der Waals surface area contributed by atoms with Crippen LogP contribution in [0.1, 0.15) is 25.0 Å². The van der Waals surface area contributed by atoms with E-state index in [0.717, 1.165) is 31.7 Å². The van der Waals surface area contributed by atoms with Crippen molar-refractivity contribution >= 4 is 5.82 Å². The minimum Gasteiger partial charge on any atom is -0.366 e. The molecule has 84 valence electrons. The lowest BCUT2D eigenvalue weighted by molar-refractivity contribution is 0.634. The van der Waals surface area contributed by atoms with Crippen LogP contribution in [0.2, 0.25) is 0 Å². The van der Waals surface area contributed by atoms with E-state index >= 15 is 0 Å². The van der Waals surface area contributed by atoms with Crippen LogP contribution >= 0.6 is 0 Å². The highest BCUT2D eigenvalue weighted by molar-refractivity contribution is 5.34. The number of nitriles is 1. The van der Waals surface area contributed by atoms with Crippen LogP contribution in [0.25, 0.3) is 0 Å². The molecule has 0 aliphatic carbocycles. The van der Waals surface area contributed by atoms with E-state index in [1.54, 1.807) is 6.20 Å². The molecule has 0 spiro atoms. The molecule has 0 amide bonds. The molecule has 0 saturated carbocycles. The third kappa shape index (κ3) is 2.91. The minimum absolute atomic E-state index is 0.355. The van der Waals surface area contributed by atoms with Crippen LogP contribution in [-0.2, 0) is 0 Å². The number of rotatable bonds is 2. The molecule has 1 unspecified atom stereocenters. The molecule has 5 nitrogen and oxygen atoms in total. The Kier molecular flexibility index (Phi) is 3.67. The number of anilines is 1. The lowest BCUT2D eigenvalue weighted by Crippen LogP contribution is -2.22. The minimum atomic E-state index is 0.355. The first kappa shape index (κ1) is 10.8. The van der Waals surface area contributed by atoms with Crippen molar-refractivity contribution in [1.82, 2.24) is 15.3 Å². The van der Waals surface area contributed by atoms with E-state index in [0.29, 0.717) is 11.7 Å². The highest BCUT2D eigenvalue weighted by Crippen LogP contribution is 2.11. The first-order chi connectivity index (χ1) is 7.88. The van der Waals surface area contributed by atoms with Crippen molar-refractivity contribution in [2.24, 2.45) is 0 Å². The van der Waals surface area contributed by atoms with Crippen molar-refractivity contribution in [3.8, 4) is 6.07 Å². The van der Waals surface area contributed by atoms with Crippen molar-refractivity contribution < 1.29 is 0 Å². The van der Waals surface area contributed by atoms with Gasteiger partial charge in [0.05, 0.1) is 12.4 Å². The number of hydrogen-bond acceptors (Lipinski definition) is 5. The van der Waals surface area contributed by atoms with Crippen LogP contribution in [-0.4, -0.2) is 29.1 Å².